The van der Waals surface area contributed by atoms with Gasteiger partial charge in [0.2, 0.25) is 16.0 Å². The summed E-state index contributed by atoms with van der Waals surface area (Å²) in [6.45, 7) is 0. The van der Waals surface area contributed by atoms with Gasteiger partial charge in [-0.2, -0.15) is 4.39 Å². The Kier molecular flexibility index (Phi) is 2.95. The van der Waals surface area contributed by atoms with E-state index in [9.17, 15) is 26.0 Å². The summed E-state index contributed by atoms with van der Waals surface area (Å²) in [6.07, 6.45) is -3.34. The number of nitrogens with two attached hydrogens (primary N) is 1. The third kappa shape index (κ3) is 2.42. The van der Waals surface area contributed by atoms with E-state index in [1.165, 1.54) is 0 Å². The van der Waals surface area contributed by atoms with Gasteiger partial charge in [0, 0.05) is 6.07 Å². The maximum Gasteiger partial charge on any atom is 0.283 e. The second-order valence-electron chi connectivity index (χ2n) is 2.49. The molecule has 0 bridgehead atoms. The second-order valence-corrected chi connectivity index (χ2v) is 4.02. The largest absolute Gasteiger partial charge is 0.283 e. The molecule has 1 heterocycles. The molecule has 1 aromatic rings. The van der Waals surface area contributed by atoms with Gasteiger partial charge in [-0.3, -0.25) is 0 Å². The van der Waals surface area contributed by atoms with E-state index in [1.807, 2.05) is 0 Å². The van der Waals surface area contributed by atoms with Gasteiger partial charge >= 0.3 is 0 Å². The van der Waals surface area contributed by atoms with Crippen LogP contribution in [0.15, 0.2) is 11.0 Å². The number of aromatic nitrogens is 1. The van der Waals surface area contributed by atoms with Gasteiger partial charge in [-0.15, -0.1) is 0 Å². The van der Waals surface area contributed by atoms with Crippen molar-refractivity contribution >= 4 is 10.0 Å². The molecule has 0 amide bonds. The van der Waals surface area contributed by atoms with Gasteiger partial charge in [0.1, 0.15) is 10.6 Å². The van der Waals surface area contributed by atoms with Gasteiger partial charge in [-0.1, -0.05) is 0 Å². The number of primary sulfonamides is 1. The highest BCUT2D eigenvalue weighted by molar-refractivity contribution is 7.89. The molecular formula is C6H4F4N2O2S. The number of halogens is 4. The third-order valence-electron chi connectivity index (χ3n) is 1.44. The van der Waals surface area contributed by atoms with Gasteiger partial charge in [-0.25, -0.2) is 31.7 Å². The maximum absolute atomic E-state index is 12.8. The molecule has 1 rings (SSSR count). The zero-order valence-corrected chi connectivity index (χ0v) is 7.73. The summed E-state index contributed by atoms with van der Waals surface area (Å²) >= 11 is 0. The SMILES string of the molecule is NS(=O)(=O)c1cc(F)c(C(F)F)nc1F. The molecule has 0 aliphatic heterocycles. The second kappa shape index (κ2) is 3.74. The van der Waals surface area contributed by atoms with Crippen molar-refractivity contribution in [2.24, 2.45) is 5.14 Å². The lowest BCUT2D eigenvalue weighted by Gasteiger charge is -2.04. The highest BCUT2D eigenvalue weighted by Crippen LogP contribution is 2.23. The summed E-state index contributed by atoms with van der Waals surface area (Å²) in [6, 6.07) is 0.0686. The summed E-state index contributed by atoms with van der Waals surface area (Å²) in [7, 11) is -4.52. The monoisotopic (exact) mass is 244 g/mol. The average Bonchev–Trinajstić information content (AvgIpc) is 2.06. The van der Waals surface area contributed by atoms with Crippen molar-refractivity contribution in [1.82, 2.24) is 4.98 Å². The van der Waals surface area contributed by atoms with Crippen LogP contribution in [0.1, 0.15) is 12.1 Å². The lowest BCUT2D eigenvalue weighted by Crippen LogP contribution is -2.16. The topological polar surface area (TPSA) is 73.1 Å². The minimum atomic E-state index is -4.52. The smallest absolute Gasteiger partial charge is 0.224 e. The van der Waals surface area contributed by atoms with E-state index < -0.39 is 38.8 Å². The Morgan fingerprint density at radius 1 is 1.33 bits per heavy atom. The number of rotatable bonds is 2. The lowest BCUT2D eigenvalue weighted by molar-refractivity contribution is 0.138. The first-order valence-electron chi connectivity index (χ1n) is 3.40. The Hall–Kier alpha value is -1.22. The molecule has 0 aromatic carbocycles. The minimum absolute atomic E-state index is 0.0686. The fourth-order valence-corrected chi connectivity index (χ4v) is 1.36. The summed E-state index contributed by atoms with van der Waals surface area (Å²) in [5, 5.41) is 4.49. The highest BCUT2D eigenvalue weighted by Gasteiger charge is 2.23. The van der Waals surface area contributed by atoms with E-state index in [0.29, 0.717) is 0 Å². The molecule has 2 N–H and O–H groups in total. The van der Waals surface area contributed by atoms with E-state index >= 15 is 0 Å². The van der Waals surface area contributed by atoms with Crippen molar-refractivity contribution in [3.8, 4) is 0 Å². The van der Waals surface area contributed by atoms with Crippen LogP contribution in [0.2, 0.25) is 0 Å². The molecule has 0 atom stereocenters. The van der Waals surface area contributed by atoms with Gasteiger partial charge in [0.15, 0.2) is 5.82 Å². The molecule has 15 heavy (non-hydrogen) atoms. The molecule has 0 unspecified atom stereocenters. The predicted molar refractivity (Wildman–Crippen MR) is 40.5 cm³/mol. The predicted octanol–water partition coefficient (Wildman–Crippen LogP) is 0.945. The van der Waals surface area contributed by atoms with Gasteiger partial charge in [-0.05, 0) is 0 Å². The first-order chi connectivity index (χ1) is 6.73. The molecule has 1 aromatic heterocycles. The molecule has 4 nitrogen and oxygen atoms in total. The van der Waals surface area contributed by atoms with Crippen LogP contribution >= 0.6 is 0 Å². The average molecular weight is 244 g/mol. The third-order valence-corrected chi connectivity index (χ3v) is 2.34. The summed E-state index contributed by atoms with van der Waals surface area (Å²) in [5.74, 6) is -3.38. The van der Waals surface area contributed by atoms with Crippen LogP contribution in [0, 0.1) is 11.8 Å². The zero-order valence-electron chi connectivity index (χ0n) is 6.92. The lowest BCUT2D eigenvalue weighted by atomic mass is 10.3. The highest BCUT2D eigenvalue weighted by atomic mass is 32.2. The molecule has 0 fully saturated rings. The number of pyridine rings is 1. The summed E-state index contributed by atoms with van der Waals surface area (Å²) < 4.78 is 70.8. The fourth-order valence-electron chi connectivity index (χ4n) is 0.815. The van der Waals surface area contributed by atoms with Crippen LogP contribution in [-0.4, -0.2) is 13.4 Å². The summed E-state index contributed by atoms with van der Waals surface area (Å²) in [4.78, 5) is 1.23. The van der Waals surface area contributed by atoms with E-state index in [1.54, 1.807) is 0 Å². The van der Waals surface area contributed by atoms with Crippen LogP contribution in [-0.2, 0) is 10.0 Å². The number of nitrogens with zero attached hydrogens (tertiary/aromatic N) is 1. The van der Waals surface area contributed by atoms with E-state index in [-0.39, 0.29) is 6.07 Å². The van der Waals surface area contributed by atoms with Crippen LogP contribution in [0.4, 0.5) is 17.6 Å². The molecular weight excluding hydrogens is 240 g/mol. The van der Waals surface area contributed by atoms with Gasteiger partial charge < -0.3 is 0 Å². The van der Waals surface area contributed by atoms with Crippen molar-refractivity contribution in [3.05, 3.63) is 23.5 Å². The first-order valence-corrected chi connectivity index (χ1v) is 4.95. The standard InChI is InChI=1S/C6H4F4N2O2S/c7-2-1-3(15(11,13)14)6(10)12-4(2)5(8)9/h1,5H,(H2,11,13,14). The van der Waals surface area contributed by atoms with E-state index in [0.717, 1.165) is 0 Å². The number of alkyl halides is 2. The van der Waals surface area contributed by atoms with Crippen molar-refractivity contribution in [3.63, 3.8) is 0 Å². The first kappa shape index (κ1) is 11.9. The fraction of sp³-hybridized carbons (Fsp3) is 0.167. The van der Waals surface area contributed by atoms with Crippen molar-refractivity contribution < 1.29 is 26.0 Å². The number of sulfonamides is 1. The molecule has 0 aliphatic carbocycles. The normalized spacial score (nSPS) is 12.1. The molecule has 0 radical (unpaired) electrons. The van der Waals surface area contributed by atoms with Crippen molar-refractivity contribution in [2.45, 2.75) is 11.3 Å². The minimum Gasteiger partial charge on any atom is -0.224 e. The molecule has 0 saturated heterocycles. The zero-order chi connectivity index (χ0) is 11.8. The van der Waals surface area contributed by atoms with Gasteiger partial charge in [0.05, 0.1) is 0 Å². The molecule has 0 saturated carbocycles. The Balaban J connectivity index is 3.46. The maximum atomic E-state index is 12.8. The van der Waals surface area contributed by atoms with E-state index in [4.69, 9.17) is 0 Å². The quantitative estimate of drug-likeness (QED) is 0.621. The number of hydrogen-bond donors (Lipinski definition) is 1. The Morgan fingerprint density at radius 3 is 2.27 bits per heavy atom. The Bertz CT molecular complexity index is 488. The molecule has 0 aliphatic rings. The molecule has 0 spiro atoms. The Labute approximate surface area is 81.8 Å². The van der Waals surface area contributed by atoms with Crippen molar-refractivity contribution in [1.29, 1.82) is 0 Å². The van der Waals surface area contributed by atoms with Crippen LogP contribution in [0.3, 0.4) is 0 Å². The van der Waals surface area contributed by atoms with Crippen LogP contribution in [0.5, 0.6) is 0 Å². The van der Waals surface area contributed by atoms with Crippen LogP contribution in [0.25, 0.3) is 0 Å². The van der Waals surface area contributed by atoms with E-state index in [2.05, 4.69) is 10.1 Å². The van der Waals surface area contributed by atoms with Crippen molar-refractivity contribution in [2.75, 3.05) is 0 Å². The molecule has 84 valence electrons. The van der Waals surface area contributed by atoms with Crippen LogP contribution < -0.4 is 5.14 Å². The summed E-state index contributed by atoms with van der Waals surface area (Å²) in [5.41, 5.74) is -1.46. The number of hydrogen-bond acceptors (Lipinski definition) is 3. The Morgan fingerprint density at radius 2 is 1.87 bits per heavy atom. The van der Waals surface area contributed by atoms with Gasteiger partial charge in [0.25, 0.3) is 6.43 Å². The molecule has 9 heteroatoms.